The third-order valence-electron chi connectivity index (χ3n) is 10.5. The maximum absolute atomic E-state index is 13.3. The first kappa shape index (κ1) is 25.4. The van der Waals surface area contributed by atoms with Gasteiger partial charge in [-0.15, -0.1) is 0 Å². The van der Waals surface area contributed by atoms with Gasteiger partial charge in [-0.05, 0) is 74.8 Å². The maximum Gasteiger partial charge on any atom is 0.309 e. The van der Waals surface area contributed by atoms with Gasteiger partial charge in [-0.3, -0.25) is 14.5 Å². The third kappa shape index (κ3) is 3.44. The standard InChI is InChI=1S/C29H41NO6Si/c1-7-34-26(32)19-14-18(19)16-30-13-12-28-23-17-8-9-21(36-37(5,6)27(2,3)4)24(23)35-25(28)20(31)10-11-29(28,33)22(30)15-17/h8-9,18-19,22,25,33H,7,10-16H2,1-6H3/t18?,19?,22-,25+,28+,29-/m1/s1. The number of rotatable bonds is 6. The molecule has 2 bridgehead atoms. The second-order valence-corrected chi connectivity index (χ2v) is 18.2. The van der Waals surface area contributed by atoms with Gasteiger partial charge in [-0.2, -0.15) is 0 Å². The molecule has 1 aromatic carbocycles. The van der Waals surface area contributed by atoms with Crippen LogP contribution in [0.4, 0.5) is 0 Å². The average molecular weight is 528 g/mol. The van der Waals surface area contributed by atoms with E-state index in [0.717, 1.165) is 36.4 Å². The lowest BCUT2D eigenvalue weighted by Gasteiger charge is -2.62. The summed E-state index contributed by atoms with van der Waals surface area (Å²) >= 11 is 0. The van der Waals surface area contributed by atoms with Crippen molar-refractivity contribution in [3.63, 3.8) is 0 Å². The monoisotopic (exact) mass is 527 g/mol. The Hall–Kier alpha value is -1.90. The van der Waals surface area contributed by atoms with Gasteiger partial charge >= 0.3 is 5.97 Å². The molecule has 0 aromatic heterocycles. The molecule has 2 saturated carbocycles. The summed E-state index contributed by atoms with van der Waals surface area (Å²) in [5.41, 5.74) is 0.401. The van der Waals surface area contributed by atoms with E-state index < -0.39 is 25.4 Å². The highest BCUT2D eigenvalue weighted by molar-refractivity contribution is 6.74. The first-order valence-electron chi connectivity index (χ1n) is 14.0. The highest BCUT2D eigenvalue weighted by Gasteiger charge is 2.73. The molecule has 3 aliphatic carbocycles. The summed E-state index contributed by atoms with van der Waals surface area (Å²) in [6, 6.07) is 4.06. The van der Waals surface area contributed by atoms with Crippen molar-refractivity contribution in [3.05, 3.63) is 23.3 Å². The van der Waals surface area contributed by atoms with Crippen molar-refractivity contribution in [2.75, 3.05) is 19.7 Å². The number of hydrogen-bond acceptors (Lipinski definition) is 7. The summed E-state index contributed by atoms with van der Waals surface area (Å²) in [4.78, 5) is 28.0. The number of ether oxygens (including phenoxy) is 2. The van der Waals surface area contributed by atoms with Gasteiger partial charge in [0, 0.05) is 24.6 Å². The number of piperidine rings is 1. The molecule has 7 nitrogen and oxygen atoms in total. The van der Waals surface area contributed by atoms with E-state index in [9.17, 15) is 14.7 Å². The molecule has 5 aliphatic rings. The molecule has 2 unspecified atom stereocenters. The topological polar surface area (TPSA) is 85.3 Å². The quantitative estimate of drug-likeness (QED) is 0.442. The van der Waals surface area contributed by atoms with Gasteiger partial charge in [0.25, 0.3) is 8.32 Å². The van der Waals surface area contributed by atoms with Crippen molar-refractivity contribution in [2.24, 2.45) is 11.8 Å². The highest BCUT2D eigenvalue weighted by Crippen LogP contribution is 2.65. The Labute approximate surface area is 221 Å². The van der Waals surface area contributed by atoms with Crippen molar-refractivity contribution >= 4 is 20.1 Å². The number of hydrogen-bond donors (Lipinski definition) is 1. The molecule has 8 heteroatoms. The largest absolute Gasteiger partial charge is 0.541 e. The normalized spacial score (nSPS) is 36.0. The zero-order valence-corrected chi connectivity index (χ0v) is 24.1. The summed E-state index contributed by atoms with van der Waals surface area (Å²) in [6.07, 6.45) is 2.33. The molecule has 1 saturated heterocycles. The zero-order valence-electron chi connectivity index (χ0n) is 23.1. The fourth-order valence-electron chi connectivity index (χ4n) is 7.42. The van der Waals surface area contributed by atoms with E-state index in [1.807, 2.05) is 13.0 Å². The summed E-state index contributed by atoms with van der Waals surface area (Å²) in [5, 5.41) is 12.6. The van der Waals surface area contributed by atoms with Crippen LogP contribution < -0.4 is 9.16 Å². The van der Waals surface area contributed by atoms with Crippen LogP contribution in [0.2, 0.25) is 18.1 Å². The summed E-state index contributed by atoms with van der Waals surface area (Å²) in [7, 11) is -2.14. The lowest BCUT2D eigenvalue weighted by atomic mass is 9.49. The van der Waals surface area contributed by atoms with Gasteiger partial charge in [-0.1, -0.05) is 26.8 Å². The van der Waals surface area contributed by atoms with E-state index in [0.29, 0.717) is 38.0 Å². The van der Waals surface area contributed by atoms with Gasteiger partial charge in [0.05, 0.1) is 23.5 Å². The molecule has 1 N–H and O–H groups in total. The molecule has 1 spiro atoms. The van der Waals surface area contributed by atoms with Crippen molar-refractivity contribution < 1.29 is 28.6 Å². The van der Waals surface area contributed by atoms with Crippen molar-refractivity contribution in [2.45, 2.75) is 101 Å². The molecule has 2 aliphatic heterocycles. The Balaban J connectivity index is 1.37. The number of Topliss-reactive ketones (excluding diaryl/α,β-unsaturated/α-hetero) is 1. The fraction of sp³-hybridized carbons (Fsp3) is 0.724. The second kappa shape index (κ2) is 8.05. The van der Waals surface area contributed by atoms with Gasteiger partial charge in [0.1, 0.15) is 5.75 Å². The summed E-state index contributed by atoms with van der Waals surface area (Å²) < 4.78 is 18.5. The van der Waals surface area contributed by atoms with Crippen molar-refractivity contribution in [1.82, 2.24) is 4.90 Å². The number of esters is 1. The first-order valence-corrected chi connectivity index (χ1v) is 16.9. The number of carbonyl (C=O) groups is 2. The Morgan fingerprint density at radius 3 is 2.73 bits per heavy atom. The van der Waals surface area contributed by atoms with Crippen LogP contribution in [0.25, 0.3) is 0 Å². The van der Waals surface area contributed by atoms with Gasteiger partial charge in [0.2, 0.25) is 0 Å². The molecular weight excluding hydrogens is 486 g/mol. The fourth-order valence-corrected chi connectivity index (χ4v) is 8.43. The molecule has 37 heavy (non-hydrogen) atoms. The molecule has 6 rings (SSSR count). The number of carbonyl (C=O) groups excluding carboxylic acids is 2. The lowest BCUT2D eigenvalue weighted by molar-refractivity contribution is -0.189. The van der Waals surface area contributed by atoms with Crippen LogP contribution in [0.5, 0.6) is 11.5 Å². The average Bonchev–Trinajstić information content (AvgIpc) is 3.48. The minimum atomic E-state index is -2.14. The van der Waals surface area contributed by atoms with E-state index in [1.165, 1.54) is 0 Å². The minimum Gasteiger partial charge on any atom is -0.541 e. The molecule has 1 aromatic rings. The van der Waals surface area contributed by atoms with Crippen molar-refractivity contribution in [1.29, 1.82) is 0 Å². The number of likely N-dealkylation sites (tertiary alicyclic amines) is 1. The minimum absolute atomic E-state index is 0.0243. The van der Waals surface area contributed by atoms with Crippen LogP contribution in [0.1, 0.15) is 64.5 Å². The Morgan fingerprint density at radius 2 is 2.03 bits per heavy atom. The SMILES string of the molecule is CCOC(=O)C1CC1CN1CC[C@]23c4c5ccc(O[Si](C)(C)C(C)(C)C)c4O[C@H]2C(=O)CC[C@@]3(O)[C@H]1C5. The van der Waals surface area contributed by atoms with E-state index in [2.05, 4.69) is 44.8 Å². The highest BCUT2D eigenvalue weighted by atomic mass is 28.4. The Morgan fingerprint density at radius 1 is 1.27 bits per heavy atom. The number of benzene rings is 1. The number of aliphatic hydroxyl groups is 1. The third-order valence-corrected chi connectivity index (χ3v) is 14.8. The van der Waals surface area contributed by atoms with Gasteiger partial charge in [0.15, 0.2) is 17.6 Å². The van der Waals surface area contributed by atoms with E-state index in [-0.39, 0.29) is 34.7 Å². The predicted octanol–water partition coefficient (Wildman–Crippen LogP) is 3.99. The number of ketones is 1. The van der Waals surface area contributed by atoms with Crippen LogP contribution in [-0.4, -0.2) is 67.5 Å². The first-order chi connectivity index (χ1) is 17.3. The molecule has 202 valence electrons. The van der Waals surface area contributed by atoms with Crippen LogP contribution in [0.15, 0.2) is 12.1 Å². The Kier molecular flexibility index (Phi) is 5.52. The molecule has 2 heterocycles. The van der Waals surface area contributed by atoms with Crippen molar-refractivity contribution in [3.8, 4) is 11.5 Å². The van der Waals surface area contributed by atoms with E-state index in [1.54, 1.807) is 0 Å². The van der Waals surface area contributed by atoms with Crippen LogP contribution >= 0.6 is 0 Å². The van der Waals surface area contributed by atoms with Gasteiger partial charge in [-0.25, -0.2) is 0 Å². The molecule has 3 fully saturated rings. The summed E-state index contributed by atoms with van der Waals surface area (Å²) in [6.45, 7) is 14.9. The maximum atomic E-state index is 13.3. The molecule has 0 amide bonds. The van der Waals surface area contributed by atoms with Crippen LogP contribution in [-0.2, 0) is 26.2 Å². The predicted molar refractivity (Wildman–Crippen MR) is 141 cm³/mol. The Bertz CT molecular complexity index is 1160. The summed E-state index contributed by atoms with van der Waals surface area (Å²) in [5.74, 6) is 1.65. The van der Waals surface area contributed by atoms with E-state index in [4.69, 9.17) is 13.9 Å². The van der Waals surface area contributed by atoms with Crippen LogP contribution in [0, 0.1) is 11.8 Å². The smallest absolute Gasteiger partial charge is 0.309 e. The van der Waals surface area contributed by atoms with Gasteiger partial charge < -0.3 is 19.0 Å². The molecule has 6 atom stereocenters. The molecular formula is C29H41NO6Si. The number of nitrogens with zero attached hydrogens (tertiary/aromatic N) is 1. The van der Waals surface area contributed by atoms with E-state index >= 15 is 0 Å². The van der Waals surface area contributed by atoms with Crippen LogP contribution in [0.3, 0.4) is 0 Å². The lowest BCUT2D eigenvalue weighted by Crippen LogP contribution is -2.76. The second-order valence-electron chi connectivity index (χ2n) is 13.5. The molecule has 0 radical (unpaired) electrons. The zero-order chi connectivity index (χ0) is 26.5.